The molecule has 1 unspecified atom stereocenters. The van der Waals surface area contributed by atoms with Crippen LogP contribution in [0.3, 0.4) is 0 Å². The van der Waals surface area contributed by atoms with Gasteiger partial charge in [0.25, 0.3) is 0 Å². The average molecular weight is 265 g/mol. The highest BCUT2D eigenvalue weighted by Crippen LogP contribution is 2.23. The Hall–Kier alpha value is -1.32. The van der Waals surface area contributed by atoms with Gasteiger partial charge in [0.1, 0.15) is 12.1 Å². The summed E-state index contributed by atoms with van der Waals surface area (Å²) in [5, 5.41) is 3.09. The lowest BCUT2D eigenvalue weighted by Crippen LogP contribution is -2.13. The quantitative estimate of drug-likeness (QED) is 0.740. The Morgan fingerprint density at radius 2 is 2.05 bits per heavy atom. The third-order valence-electron chi connectivity index (χ3n) is 3.50. The second-order valence-corrected chi connectivity index (χ2v) is 4.84. The first-order chi connectivity index (χ1) is 9.26. The molecule has 0 spiro atoms. The van der Waals surface area contributed by atoms with E-state index in [4.69, 9.17) is 4.74 Å². The summed E-state index contributed by atoms with van der Waals surface area (Å²) in [5.41, 5.74) is 1.07. The summed E-state index contributed by atoms with van der Waals surface area (Å²) in [6, 6.07) is 0. The smallest absolute Gasteiger partial charge is 0.221 e. The molecule has 4 nitrogen and oxygen atoms in total. The highest BCUT2D eigenvalue weighted by Gasteiger charge is 2.12. The summed E-state index contributed by atoms with van der Waals surface area (Å²) in [7, 11) is 1.88. The minimum atomic E-state index is 0.623. The maximum Gasteiger partial charge on any atom is 0.221 e. The van der Waals surface area contributed by atoms with Gasteiger partial charge in [-0.2, -0.15) is 0 Å². The molecule has 1 atom stereocenters. The van der Waals surface area contributed by atoms with Gasteiger partial charge in [-0.25, -0.2) is 9.97 Å². The molecule has 0 aliphatic heterocycles. The van der Waals surface area contributed by atoms with Crippen LogP contribution in [-0.4, -0.2) is 23.6 Å². The van der Waals surface area contributed by atoms with Crippen LogP contribution < -0.4 is 10.1 Å². The third-order valence-corrected chi connectivity index (χ3v) is 3.50. The molecule has 0 aliphatic rings. The van der Waals surface area contributed by atoms with E-state index in [0.29, 0.717) is 5.92 Å². The number of nitrogens with zero attached hydrogens (tertiary/aromatic N) is 2. The lowest BCUT2D eigenvalue weighted by Gasteiger charge is -2.17. The van der Waals surface area contributed by atoms with Crippen molar-refractivity contribution in [3.05, 3.63) is 11.9 Å². The van der Waals surface area contributed by atoms with Crippen molar-refractivity contribution in [2.75, 3.05) is 19.0 Å². The molecule has 0 fully saturated rings. The SMILES string of the molecule is CCCCC(CC)COc1ncnc(NC)c1CC. The Labute approximate surface area is 117 Å². The molecule has 1 rings (SSSR count). The molecule has 0 bridgehead atoms. The highest BCUT2D eigenvalue weighted by molar-refractivity contribution is 5.48. The van der Waals surface area contributed by atoms with Crippen LogP contribution in [0.4, 0.5) is 5.82 Å². The van der Waals surface area contributed by atoms with Gasteiger partial charge in [0.05, 0.1) is 12.2 Å². The van der Waals surface area contributed by atoms with E-state index in [2.05, 4.69) is 36.1 Å². The van der Waals surface area contributed by atoms with Gasteiger partial charge in [0.2, 0.25) is 5.88 Å². The summed E-state index contributed by atoms with van der Waals surface area (Å²) < 4.78 is 5.93. The number of hydrogen-bond donors (Lipinski definition) is 1. The van der Waals surface area contributed by atoms with E-state index < -0.39 is 0 Å². The maximum absolute atomic E-state index is 5.93. The molecule has 1 N–H and O–H groups in total. The summed E-state index contributed by atoms with van der Waals surface area (Å²) in [6.45, 7) is 7.31. The van der Waals surface area contributed by atoms with Crippen molar-refractivity contribution in [2.45, 2.75) is 52.9 Å². The summed E-state index contributed by atoms with van der Waals surface area (Å²) in [4.78, 5) is 8.49. The molecule has 1 aromatic heterocycles. The van der Waals surface area contributed by atoms with Crippen molar-refractivity contribution in [2.24, 2.45) is 5.92 Å². The van der Waals surface area contributed by atoms with Crippen LogP contribution in [0.15, 0.2) is 6.33 Å². The molecule has 1 aromatic rings. The van der Waals surface area contributed by atoms with Crippen LogP contribution in [-0.2, 0) is 6.42 Å². The van der Waals surface area contributed by atoms with E-state index in [-0.39, 0.29) is 0 Å². The first-order valence-corrected chi connectivity index (χ1v) is 7.41. The lowest BCUT2D eigenvalue weighted by atomic mass is 10.0. The fourth-order valence-corrected chi connectivity index (χ4v) is 2.15. The number of rotatable bonds is 9. The fourth-order valence-electron chi connectivity index (χ4n) is 2.15. The van der Waals surface area contributed by atoms with E-state index in [1.165, 1.54) is 19.3 Å². The van der Waals surface area contributed by atoms with Gasteiger partial charge in [-0.1, -0.05) is 40.0 Å². The van der Waals surface area contributed by atoms with Gasteiger partial charge in [0.15, 0.2) is 0 Å². The summed E-state index contributed by atoms with van der Waals surface area (Å²) >= 11 is 0. The predicted octanol–water partition coefficient (Wildman–Crippen LogP) is 3.68. The number of hydrogen-bond acceptors (Lipinski definition) is 4. The zero-order valence-corrected chi connectivity index (χ0v) is 12.7. The van der Waals surface area contributed by atoms with Gasteiger partial charge in [0, 0.05) is 7.05 Å². The minimum Gasteiger partial charge on any atom is -0.477 e. The zero-order chi connectivity index (χ0) is 14.1. The lowest BCUT2D eigenvalue weighted by molar-refractivity contribution is 0.224. The van der Waals surface area contributed by atoms with Crippen molar-refractivity contribution in [1.82, 2.24) is 9.97 Å². The van der Waals surface area contributed by atoms with Gasteiger partial charge >= 0.3 is 0 Å². The number of nitrogens with one attached hydrogen (secondary N) is 1. The van der Waals surface area contributed by atoms with Gasteiger partial charge in [-0.05, 0) is 18.8 Å². The standard InChI is InChI=1S/C15H27N3O/c1-5-8-9-12(6-2)10-19-15-13(7-3)14(16-4)17-11-18-15/h11-12H,5-10H2,1-4H3,(H,16,17,18). The Bertz CT molecular complexity index is 368. The predicted molar refractivity (Wildman–Crippen MR) is 79.8 cm³/mol. The molecule has 0 amide bonds. The first-order valence-electron chi connectivity index (χ1n) is 7.41. The van der Waals surface area contributed by atoms with E-state index in [0.717, 1.165) is 36.7 Å². The molecular formula is C15H27N3O. The van der Waals surface area contributed by atoms with Crippen molar-refractivity contribution < 1.29 is 4.74 Å². The van der Waals surface area contributed by atoms with E-state index in [9.17, 15) is 0 Å². The summed E-state index contributed by atoms with van der Waals surface area (Å²) in [5.74, 6) is 2.23. The molecule has 0 aromatic carbocycles. The van der Waals surface area contributed by atoms with Crippen LogP contribution in [0.25, 0.3) is 0 Å². The van der Waals surface area contributed by atoms with E-state index in [1.54, 1.807) is 6.33 Å². The minimum absolute atomic E-state index is 0.623. The largest absolute Gasteiger partial charge is 0.477 e. The van der Waals surface area contributed by atoms with Gasteiger partial charge in [-0.15, -0.1) is 0 Å². The Morgan fingerprint density at radius 3 is 2.63 bits per heavy atom. The number of ether oxygens (including phenoxy) is 1. The number of anilines is 1. The average Bonchev–Trinajstić information content (AvgIpc) is 2.46. The highest BCUT2D eigenvalue weighted by atomic mass is 16.5. The van der Waals surface area contributed by atoms with Crippen molar-refractivity contribution in [3.63, 3.8) is 0 Å². The van der Waals surface area contributed by atoms with Crippen molar-refractivity contribution in [3.8, 4) is 5.88 Å². The van der Waals surface area contributed by atoms with Crippen molar-refractivity contribution in [1.29, 1.82) is 0 Å². The fraction of sp³-hybridized carbons (Fsp3) is 0.733. The van der Waals surface area contributed by atoms with Crippen LogP contribution >= 0.6 is 0 Å². The first kappa shape index (κ1) is 15.7. The molecular weight excluding hydrogens is 238 g/mol. The third kappa shape index (κ3) is 4.69. The molecule has 0 radical (unpaired) electrons. The number of unbranched alkanes of at least 4 members (excludes halogenated alkanes) is 1. The molecule has 0 saturated heterocycles. The molecule has 0 aliphatic carbocycles. The topological polar surface area (TPSA) is 47.0 Å². The van der Waals surface area contributed by atoms with Crippen LogP contribution in [0, 0.1) is 5.92 Å². The van der Waals surface area contributed by atoms with Gasteiger partial charge in [-0.3, -0.25) is 0 Å². The van der Waals surface area contributed by atoms with Gasteiger partial charge < -0.3 is 10.1 Å². The molecule has 19 heavy (non-hydrogen) atoms. The second-order valence-electron chi connectivity index (χ2n) is 4.84. The Morgan fingerprint density at radius 1 is 1.26 bits per heavy atom. The molecule has 4 heteroatoms. The van der Waals surface area contributed by atoms with Crippen LogP contribution in [0.5, 0.6) is 5.88 Å². The van der Waals surface area contributed by atoms with E-state index >= 15 is 0 Å². The Balaban J connectivity index is 2.65. The Kier molecular flexibility index (Phi) is 7.23. The van der Waals surface area contributed by atoms with Crippen molar-refractivity contribution >= 4 is 5.82 Å². The summed E-state index contributed by atoms with van der Waals surface area (Å²) in [6.07, 6.45) is 7.34. The number of aromatic nitrogens is 2. The van der Waals surface area contributed by atoms with E-state index in [1.807, 2.05) is 7.05 Å². The molecule has 108 valence electrons. The molecule has 0 saturated carbocycles. The molecule has 1 heterocycles. The van der Waals surface area contributed by atoms with Crippen LogP contribution in [0.2, 0.25) is 0 Å². The maximum atomic E-state index is 5.93. The monoisotopic (exact) mass is 265 g/mol. The van der Waals surface area contributed by atoms with Crippen LogP contribution in [0.1, 0.15) is 52.0 Å². The second kappa shape index (κ2) is 8.73. The zero-order valence-electron chi connectivity index (χ0n) is 12.7. The normalized spacial score (nSPS) is 12.2.